The molecule has 0 fully saturated rings. The molecule has 10 nitrogen and oxygen atoms in total. The van der Waals surface area contributed by atoms with Crippen molar-refractivity contribution in [3.8, 4) is 0 Å². The van der Waals surface area contributed by atoms with E-state index in [1.807, 2.05) is 0 Å². The van der Waals surface area contributed by atoms with E-state index >= 15 is 0 Å². The van der Waals surface area contributed by atoms with E-state index in [4.69, 9.17) is 19.1 Å². The number of ether oxygens (including phenoxy) is 2. The van der Waals surface area contributed by atoms with Gasteiger partial charge in [0.25, 0.3) is 0 Å². The Morgan fingerprint density at radius 2 is 1.25 bits per heavy atom. The van der Waals surface area contributed by atoms with E-state index < -0.39 is 51.8 Å². The monoisotopic (exact) mass is 594 g/mol. The second-order valence-corrected chi connectivity index (χ2v) is 11.6. The molecule has 0 aliphatic rings. The van der Waals surface area contributed by atoms with Crippen molar-refractivity contribution in [1.82, 2.24) is 0 Å². The number of allylic oxidation sites excluding steroid dienone is 2. The molecule has 236 valence electrons. The lowest BCUT2D eigenvalue weighted by atomic mass is 10.1. The van der Waals surface area contributed by atoms with Crippen LogP contribution in [0.25, 0.3) is 0 Å². The third kappa shape index (κ3) is 25.7. The minimum absolute atomic E-state index is 0.176. The Kier molecular flexibility index (Phi) is 25.7. The van der Waals surface area contributed by atoms with E-state index in [9.17, 15) is 24.2 Å². The smallest absolute Gasteiger partial charge is 0.462 e. The highest BCUT2D eigenvalue weighted by atomic mass is 31.2. The van der Waals surface area contributed by atoms with Gasteiger partial charge in [0.1, 0.15) is 12.7 Å². The Morgan fingerprint density at radius 3 is 1.88 bits per heavy atom. The predicted molar refractivity (Wildman–Crippen MR) is 155 cm³/mol. The first kappa shape index (κ1) is 38.7. The fourth-order valence-corrected chi connectivity index (χ4v) is 4.53. The standard InChI is InChI=1S/C29H55O10P/c1-3-5-7-9-11-12-13-14-15-17-19-21-29(33)39-27(25-38-40(34,35)37-23-26(31)22-30)24-36-28(32)20-18-16-10-8-6-4-2/h9,11,26-27,30-31H,3-8,10,12-25H2,1-2H3,(H,34,35)/b11-9-. The molecule has 0 radical (unpaired) electrons. The number of unbranched alkanes of at least 4 members (excludes halogenated alkanes) is 12. The van der Waals surface area contributed by atoms with Crippen molar-refractivity contribution in [2.75, 3.05) is 26.4 Å². The molecular weight excluding hydrogens is 539 g/mol. The molecule has 0 aromatic heterocycles. The summed E-state index contributed by atoms with van der Waals surface area (Å²) in [6, 6.07) is 0. The molecule has 0 aromatic carbocycles. The number of aliphatic hydroxyl groups is 2. The van der Waals surface area contributed by atoms with Gasteiger partial charge in [-0.2, -0.15) is 0 Å². The van der Waals surface area contributed by atoms with Crippen molar-refractivity contribution in [2.45, 2.75) is 135 Å². The van der Waals surface area contributed by atoms with Gasteiger partial charge in [-0.1, -0.05) is 90.2 Å². The molecule has 0 aliphatic carbocycles. The van der Waals surface area contributed by atoms with Crippen LogP contribution in [0.15, 0.2) is 12.2 Å². The molecule has 0 aromatic rings. The van der Waals surface area contributed by atoms with E-state index in [-0.39, 0.29) is 19.4 Å². The topological polar surface area (TPSA) is 149 Å². The van der Waals surface area contributed by atoms with Gasteiger partial charge in [-0.3, -0.25) is 18.6 Å². The molecule has 0 saturated carbocycles. The van der Waals surface area contributed by atoms with E-state index in [1.54, 1.807) is 0 Å². The van der Waals surface area contributed by atoms with Crippen molar-refractivity contribution in [3.63, 3.8) is 0 Å². The van der Waals surface area contributed by atoms with Crippen LogP contribution in [-0.2, 0) is 32.7 Å². The zero-order chi connectivity index (χ0) is 29.9. The maximum atomic E-state index is 12.4. The Labute approximate surface area is 241 Å². The summed E-state index contributed by atoms with van der Waals surface area (Å²) in [5, 5.41) is 18.1. The lowest BCUT2D eigenvalue weighted by Crippen LogP contribution is -2.29. The first-order chi connectivity index (χ1) is 19.2. The number of hydrogen-bond acceptors (Lipinski definition) is 9. The number of hydrogen-bond donors (Lipinski definition) is 3. The molecule has 40 heavy (non-hydrogen) atoms. The van der Waals surface area contributed by atoms with E-state index in [1.165, 1.54) is 19.3 Å². The molecule has 3 atom stereocenters. The van der Waals surface area contributed by atoms with Crippen LogP contribution in [0.3, 0.4) is 0 Å². The number of esters is 2. The summed E-state index contributed by atoms with van der Waals surface area (Å²) in [6.45, 7) is 2.21. The summed E-state index contributed by atoms with van der Waals surface area (Å²) in [4.78, 5) is 34.3. The Bertz CT molecular complexity index is 700. The summed E-state index contributed by atoms with van der Waals surface area (Å²) >= 11 is 0. The number of rotatable bonds is 28. The van der Waals surface area contributed by atoms with Gasteiger partial charge in [-0.05, 0) is 32.1 Å². The van der Waals surface area contributed by atoms with Gasteiger partial charge in [0.2, 0.25) is 0 Å². The summed E-state index contributed by atoms with van der Waals surface area (Å²) < 4.78 is 32.2. The molecule has 11 heteroatoms. The average molecular weight is 595 g/mol. The summed E-state index contributed by atoms with van der Waals surface area (Å²) in [6.07, 6.45) is 18.0. The second-order valence-electron chi connectivity index (χ2n) is 10.1. The first-order valence-electron chi connectivity index (χ1n) is 15.1. The minimum Gasteiger partial charge on any atom is -0.462 e. The van der Waals surface area contributed by atoms with Crippen molar-refractivity contribution in [2.24, 2.45) is 0 Å². The Hall–Kier alpha value is -1.29. The SMILES string of the molecule is CCCC/C=C\CCCCCCCC(=O)OC(COC(=O)CCCCCCCC)COP(=O)(O)OCC(O)CO. The molecule has 0 rings (SSSR count). The van der Waals surface area contributed by atoms with Gasteiger partial charge in [0.15, 0.2) is 6.10 Å². The van der Waals surface area contributed by atoms with E-state index in [2.05, 4.69) is 30.5 Å². The molecule has 0 saturated heterocycles. The predicted octanol–water partition coefficient (Wildman–Crippen LogP) is 6.16. The maximum absolute atomic E-state index is 12.4. The Balaban J connectivity index is 4.49. The van der Waals surface area contributed by atoms with Crippen LogP contribution < -0.4 is 0 Å². The highest BCUT2D eigenvalue weighted by Crippen LogP contribution is 2.43. The van der Waals surface area contributed by atoms with Gasteiger partial charge < -0.3 is 24.6 Å². The molecule has 0 spiro atoms. The molecule has 0 heterocycles. The summed E-state index contributed by atoms with van der Waals surface area (Å²) in [5.74, 6) is -0.949. The van der Waals surface area contributed by atoms with Crippen molar-refractivity contribution < 1.29 is 47.8 Å². The maximum Gasteiger partial charge on any atom is 0.472 e. The largest absolute Gasteiger partial charge is 0.472 e. The Morgan fingerprint density at radius 1 is 0.725 bits per heavy atom. The third-order valence-electron chi connectivity index (χ3n) is 6.17. The average Bonchev–Trinajstić information content (AvgIpc) is 2.93. The summed E-state index contributed by atoms with van der Waals surface area (Å²) in [7, 11) is -4.59. The quantitative estimate of drug-likeness (QED) is 0.0416. The van der Waals surface area contributed by atoms with Gasteiger partial charge in [0, 0.05) is 12.8 Å². The van der Waals surface area contributed by atoms with E-state index in [0.717, 1.165) is 64.2 Å². The van der Waals surface area contributed by atoms with Crippen LogP contribution in [0.1, 0.15) is 123 Å². The van der Waals surface area contributed by atoms with Crippen LogP contribution >= 0.6 is 7.82 Å². The zero-order valence-corrected chi connectivity index (χ0v) is 25.7. The fraction of sp³-hybridized carbons (Fsp3) is 0.862. The van der Waals surface area contributed by atoms with Crippen LogP contribution in [0.4, 0.5) is 0 Å². The van der Waals surface area contributed by atoms with Gasteiger partial charge in [-0.25, -0.2) is 4.57 Å². The number of phosphoric acid groups is 1. The first-order valence-corrected chi connectivity index (χ1v) is 16.6. The highest BCUT2D eigenvalue weighted by molar-refractivity contribution is 7.47. The number of carbonyl (C=O) groups is 2. The molecule has 0 aliphatic heterocycles. The lowest BCUT2D eigenvalue weighted by Gasteiger charge is -2.20. The minimum atomic E-state index is -4.59. The second kappa shape index (κ2) is 26.6. The van der Waals surface area contributed by atoms with Crippen molar-refractivity contribution in [1.29, 1.82) is 0 Å². The normalized spacial score (nSPS) is 14.6. The lowest BCUT2D eigenvalue weighted by molar-refractivity contribution is -0.161. The summed E-state index contributed by atoms with van der Waals surface area (Å²) in [5.41, 5.74) is 0. The zero-order valence-electron chi connectivity index (χ0n) is 24.8. The van der Waals surface area contributed by atoms with Crippen LogP contribution in [-0.4, -0.2) is 65.7 Å². The van der Waals surface area contributed by atoms with Gasteiger partial charge in [0.05, 0.1) is 19.8 Å². The van der Waals surface area contributed by atoms with Crippen molar-refractivity contribution >= 4 is 19.8 Å². The molecule has 3 N–H and O–H groups in total. The molecule has 0 amide bonds. The molecule has 0 bridgehead atoms. The van der Waals surface area contributed by atoms with E-state index in [0.29, 0.717) is 12.8 Å². The fourth-order valence-electron chi connectivity index (χ4n) is 3.74. The third-order valence-corrected chi connectivity index (χ3v) is 7.12. The molecule has 3 unspecified atom stereocenters. The van der Waals surface area contributed by atoms with Crippen LogP contribution in [0.2, 0.25) is 0 Å². The highest BCUT2D eigenvalue weighted by Gasteiger charge is 2.27. The number of aliphatic hydroxyl groups excluding tert-OH is 2. The van der Waals surface area contributed by atoms with Crippen LogP contribution in [0.5, 0.6) is 0 Å². The van der Waals surface area contributed by atoms with Gasteiger partial charge >= 0.3 is 19.8 Å². The van der Waals surface area contributed by atoms with Crippen LogP contribution in [0, 0.1) is 0 Å². The number of phosphoric ester groups is 1. The number of carbonyl (C=O) groups excluding carboxylic acids is 2. The van der Waals surface area contributed by atoms with Gasteiger partial charge in [-0.15, -0.1) is 0 Å². The molecular formula is C29H55O10P. The van der Waals surface area contributed by atoms with Crippen molar-refractivity contribution in [3.05, 3.63) is 12.2 Å².